The predicted octanol–water partition coefficient (Wildman–Crippen LogP) is 1.15. The van der Waals surface area contributed by atoms with Gasteiger partial charge < -0.3 is 10.4 Å². The van der Waals surface area contributed by atoms with Crippen molar-refractivity contribution in [2.24, 2.45) is 0 Å². The van der Waals surface area contributed by atoms with Gasteiger partial charge in [-0.15, -0.1) is 0 Å². The van der Waals surface area contributed by atoms with Crippen LogP contribution in [0.4, 0.5) is 0 Å². The number of nitrogens with one attached hydrogen (secondary N) is 1. The number of hydrogen-bond donors (Lipinski definition) is 2. The number of carboxylic acid groups (broad SMARTS) is 1. The fourth-order valence-electron chi connectivity index (χ4n) is 2.65. The van der Waals surface area contributed by atoms with E-state index in [2.05, 4.69) is 16.5 Å². The summed E-state index contributed by atoms with van der Waals surface area (Å²) in [4.78, 5) is 11.3. The molecule has 21 heavy (non-hydrogen) atoms. The number of rotatable bonds is 3. The maximum atomic E-state index is 11.3. The van der Waals surface area contributed by atoms with E-state index in [0.717, 1.165) is 29.8 Å². The first-order valence-corrected chi connectivity index (χ1v) is 6.71. The summed E-state index contributed by atoms with van der Waals surface area (Å²) in [5.74, 6) is -1.01. The molecular weight excluding hydrogens is 268 g/mol. The van der Waals surface area contributed by atoms with Crippen molar-refractivity contribution < 1.29 is 9.90 Å². The second-order valence-corrected chi connectivity index (χ2v) is 4.93. The normalized spacial score (nSPS) is 13.5. The molecule has 106 valence electrons. The molecule has 6 heteroatoms. The molecule has 0 amide bonds. The van der Waals surface area contributed by atoms with E-state index in [0.29, 0.717) is 18.7 Å². The molecule has 0 aliphatic carbocycles. The average molecular weight is 282 g/mol. The van der Waals surface area contributed by atoms with Gasteiger partial charge in [-0.05, 0) is 11.6 Å². The summed E-state index contributed by atoms with van der Waals surface area (Å²) in [5.41, 5.74) is 3.24. The van der Waals surface area contributed by atoms with Gasteiger partial charge in [0.1, 0.15) is 0 Å². The summed E-state index contributed by atoms with van der Waals surface area (Å²) < 4.78 is 1.72. The first-order valence-electron chi connectivity index (χ1n) is 6.71. The minimum Gasteiger partial charge on any atom is -0.476 e. The highest BCUT2D eigenvalue weighted by atomic mass is 16.4. The van der Waals surface area contributed by atoms with Crippen LogP contribution in [0.2, 0.25) is 0 Å². The second kappa shape index (κ2) is 5.38. The van der Waals surface area contributed by atoms with Gasteiger partial charge in [0.2, 0.25) is 0 Å². The lowest BCUT2D eigenvalue weighted by molar-refractivity contribution is 0.0688. The number of fused-ring (bicyclic) bond motifs is 1. The summed E-state index contributed by atoms with van der Waals surface area (Å²) in [7, 11) is 0. The molecule has 3 rings (SSSR count). The van der Waals surface area contributed by atoms with Crippen molar-refractivity contribution in [3.8, 4) is 6.07 Å². The third kappa shape index (κ3) is 2.39. The third-order valence-electron chi connectivity index (χ3n) is 3.67. The molecule has 2 heterocycles. The van der Waals surface area contributed by atoms with Crippen molar-refractivity contribution in [2.75, 3.05) is 6.54 Å². The fraction of sp³-hybridized carbons (Fsp3) is 0.267. The van der Waals surface area contributed by atoms with Crippen LogP contribution < -0.4 is 5.32 Å². The van der Waals surface area contributed by atoms with Crippen LogP contribution >= 0.6 is 0 Å². The largest absolute Gasteiger partial charge is 0.476 e. The Bertz CT molecular complexity index is 743. The monoisotopic (exact) mass is 282 g/mol. The Morgan fingerprint density at radius 2 is 2.29 bits per heavy atom. The van der Waals surface area contributed by atoms with Gasteiger partial charge in [0.15, 0.2) is 5.69 Å². The Labute approximate surface area is 121 Å². The molecule has 1 aliphatic heterocycles. The van der Waals surface area contributed by atoms with Crippen molar-refractivity contribution in [2.45, 2.75) is 19.5 Å². The topological polar surface area (TPSA) is 90.9 Å². The van der Waals surface area contributed by atoms with Gasteiger partial charge in [-0.3, -0.25) is 4.68 Å². The van der Waals surface area contributed by atoms with E-state index >= 15 is 0 Å². The number of hydrogen-bond acceptors (Lipinski definition) is 4. The lowest BCUT2D eigenvalue weighted by atomic mass is 10.1. The fourth-order valence-corrected chi connectivity index (χ4v) is 2.65. The number of nitrogens with zero attached hydrogens (tertiary/aromatic N) is 3. The van der Waals surface area contributed by atoms with E-state index in [1.165, 1.54) is 0 Å². The van der Waals surface area contributed by atoms with Crippen molar-refractivity contribution in [3.05, 3.63) is 52.3 Å². The molecule has 2 N–H and O–H groups in total. The van der Waals surface area contributed by atoms with E-state index in [9.17, 15) is 9.90 Å². The molecule has 0 radical (unpaired) electrons. The molecule has 1 aliphatic rings. The highest BCUT2D eigenvalue weighted by Crippen LogP contribution is 2.20. The van der Waals surface area contributed by atoms with Crippen molar-refractivity contribution in [3.63, 3.8) is 0 Å². The van der Waals surface area contributed by atoms with Crippen LogP contribution in [-0.2, 0) is 19.5 Å². The van der Waals surface area contributed by atoms with Gasteiger partial charge >= 0.3 is 5.97 Å². The standard InChI is InChI=1S/C15H14N4O2/c16-7-10-3-1-2-4-11(10)9-19-13-5-6-17-8-12(13)14(18-19)15(20)21/h1-4,17H,5-6,8-9H2,(H,20,21). The Hall–Kier alpha value is -2.65. The molecule has 0 fully saturated rings. The van der Waals surface area contributed by atoms with Crippen molar-refractivity contribution in [1.29, 1.82) is 5.26 Å². The quantitative estimate of drug-likeness (QED) is 0.881. The van der Waals surface area contributed by atoms with Gasteiger partial charge in [-0.25, -0.2) is 4.79 Å². The number of benzene rings is 1. The minimum atomic E-state index is -1.01. The Morgan fingerprint density at radius 3 is 3.05 bits per heavy atom. The summed E-state index contributed by atoms with van der Waals surface area (Å²) in [5, 5.41) is 25.8. The zero-order valence-electron chi connectivity index (χ0n) is 11.3. The number of aromatic nitrogens is 2. The van der Waals surface area contributed by atoms with Gasteiger partial charge in [0, 0.05) is 30.8 Å². The lowest BCUT2D eigenvalue weighted by Crippen LogP contribution is -2.25. The van der Waals surface area contributed by atoms with Crippen LogP contribution in [-0.4, -0.2) is 27.4 Å². The number of carbonyl (C=O) groups is 1. The minimum absolute atomic E-state index is 0.103. The van der Waals surface area contributed by atoms with E-state index in [4.69, 9.17) is 5.26 Å². The summed E-state index contributed by atoms with van der Waals surface area (Å²) in [6, 6.07) is 9.46. The summed E-state index contributed by atoms with van der Waals surface area (Å²) >= 11 is 0. The first-order chi connectivity index (χ1) is 10.2. The van der Waals surface area contributed by atoms with Crippen LogP contribution in [0.5, 0.6) is 0 Å². The van der Waals surface area contributed by atoms with Crippen molar-refractivity contribution >= 4 is 5.97 Å². The van der Waals surface area contributed by atoms with Crippen LogP contribution in [0.25, 0.3) is 0 Å². The molecule has 1 aromatic heterocycles. The highest BCUT2D eigenvalue weighted by molar-refractivity contribution is 5.87. The van der Waals surface area contributed by atoms with Crippen molar-refractivity contribution in [1.82, 2.24) is 15.1 Å². The summed E-state index contributed by atoms with van der Waals surface area (Å²) in [6.45, 7) is 1.74. The van der Waals surface area contributed by atoms with E-state index < -0.39 is 5.97 Å². The van der Waals surface area contributed by atoms with Gasteiger partial charge in [0.05, 0.1) is 18.2 Å². The third-order valence-corrected chi connectivity index (χ3v) is 3.67. The van der Waals surface area contributed by atoms with Gasteiger partial charge in [-0.2, -0.15) is 10.4 Å². The van der Waals surface area contributed by atoms with Gasteiger partial charge in [0.25, 0.3) is 0 Å². The zero-order valence-corrected chi connectivity index (χ0v) is 11.3. The van der Waals surface area contributed by atoms with Crippen LogP contribution in [0, 0.1) is 11.3 Å². The Balaban J connectivity index is 2.03. The van der Waals surface area contributed by atoms with Crippen LogP contribution in [0.3, 0.4) is 0 Å². The number of aromatic carboxylic acids is 1. The molecular formula is C15H14N4O2. The maximum Gasteiger partial charge on any atom is 0.356 e. The SMILES string of the molecule is N#Cc1ccccc1Cn1nc(C(=O)O)c2c1CCNC2. The molecule has 0 atom stereocenters. The molecule has 6 nitrogen and oxygen atoms in total. The summed E-state index contributed by atoms with van der Waals surface area (Å²) in [6.07, 6.45) is 0.740. The van der Waals surface area contributed by atoms with Crippen LogP contribution in [0.1, 0.15) is 32.9 Å². The second-order valence-electron chi connectivity index (χ2n) is 4.93. The zero-order chi connectivity index (χ0) is 14.8. The van der Waals surface area contributed by atoms with Crippen LogP contribution in [0.15, 0.2) is 24.3 Å². The molecule has 0 saturated heterocycles. The highest BCUT2D eigenvalue weighted by Gasteiger charge is 2.24. The van der Waals surface area contributed by atoms with E-state index in [1.807, 2.05) is 18.2 Å². The molecule has 0 bridgehead atoms. The van der Waals surface area contributed by atoms with E-state index in [-0.39, 0.29) is 5.69 Å². The number of nitriles is 1. The smallest absolute Gasteiger partial charge is 0.356 e. The molecule has 0 unspecified atom stereocenters. The average Bonchev–Trinajstić information content (AvgIpc) is 2.87. The van der Waals surface area contributed by atoms with E-state index in [1.54, 1.807) is 10.7 Å². The molecule has 2 aromatic rings. The lowest BCUT2D eigenvalue weighted by Gasteiger charge is -2.15. The predicted molar refractivity (Wildman–Crippen MR) is 74.9 cm³/mol. The Kier molecular flexibility index (Phi) is 3.42. The maximum absolute atomic E-state index is 11.3. The molecule has 1 aromatic carbocycles. The first kappa shape index (κ1) is 13.3. The van der Waals surface area contributed by atoms with Gasteiger partial charge in [-0.1, -0.05) is 18.2 Å². The Morgan fingerprint density at radius 1 is 1.48 bits per heavy atom. The molecule has 0 saturated carbocycles. The molecule has 0 spiro atoms. The number of carboxylic acids is 1.